The molecule has 0 bridgehead atoms. The monoisotopic (exact) mass is 372 g/mol. The first-order valence-electron chi connectivity index (χ1n) is 8.61. The molecule has 2 aromatic rings. The Morgan fingerprint density at radius 3 is 2.35 bits per heavy atom. The molecule has 0 radical (unpaired) electrons. The molecule has 0 unspecified atom stereocenters. The minimum atomic E-state index is -0.414. The summed E-state index contributed by atoms with van der Waals surface area (Å²) in [6.45, 7) is 4.29. The van der Waals surface area contributed by atoms with Crippen LogP contribution < -0.4 is 5.32 Å². The Hall–Kier alpha value is -2.34. The maximum absolute atomic E-state index is 12.3. The Morgan fingerprint density at radius 1 is 1.12 bits per heavy atom. The number of amides is 1. The topological polar surface area (TPSA) is 72.2 Å². The van der Waals surface area contributed by atoms with E-state index < -0.39 is 4.92 Å². The number of non-ortho nitro benzene ring substituents is 1. The van der Waals surface area contributed by atoms with Crippen LogP contribution in [0.15, 0.2) is 54.6 Å². The summed E-state index contributed by atoms with van der Waals surface area (Å²) in [7, 11) is 0. The number of thioether (sulfide) groups is 1. The fourth-order valence-electron chi connectivity index (χ4n) is 2.65. The third-order valence-corrected chi connectivity index (χ3v) is 4.90. The van der Waals surface area contributed by atoms with Crippen molar-refractivity contribution in [2.24, 2.45) is 5.92 Å². The van der Waals surface area contributed by atoms with Crippen molar-refractivity contribution in [1.82, 2.24) is 5.32 Å². The van der Waals surface area contributed by atoms with Gasteiger partial charge in [0, 0.05) is 17.9 Å². The molecule has 0 saturated carbocycles. The van der Waals surface area contributed by atoms with Crippen LogP contribution in [0, 0.1) is 16.0 Å². The van der Waals surface area contributed by atoms with Crippen molar-refractivity contribution in [3.63, 3.8) is 0 Å². The number of nitro benzene ring substituents is 1. The van der Waals surface area contributed by atoms with Crippen LogP contribution >= 0.6 is 11.8 Å². The quantitative estimate of drug-likeness (QED) is 0.510. The number of nitro groups is 1. The van der Waals surface area contributed by atoms with Gasteiger partial charge < -0.3 is 5.32 Å². The summed E-state index contributed by atoms with van der Waals surface area (Å²) < 4.78 is 0. The molecular formula is C20H24N2O3S. The molecule has 0 aliphatic rings. The molecule has 0 aromatic heterocycles. The van der Waals surface area contributed by atoms with E-state index >= 15 is 0 Å². The molecule has 0 saturated heterocycles. The maximum Gasteiger partial charge on any atom is 0.269 e. The summed E-state index contributed by atoms with van der Waals surface area (Å²) in [4.78, 5) is 22.6. The van der Waals surface area contributed by atoms with Crippen LogP contribution in [0.2, 0.25) is 0 Å². The Morgan fingerprint density at radius 2 is 1.77 bits per heavy atom. The zero-order valence-corrected chi connectivity index (χ0v) is 15.9. The van der Waals surface area contributed by atoms with Gasteiger partial charge in [-0.2, -0.15) is 0 Å². The molecule has 6 heteroatoms. The maximum atomic E-state index is 12.3. The lowest BCUT2D eigenvalue weighted by atomic mass is 9.97. The van der Waals surface area contributed by atoms with Gasteiger partial charge in [0.25, 0.3) is 5.69 Å². The van der Waals surface area contributed by atoms with Crippen molar-refractivity contribution in [2.75, 3.05) is 5.75 Å². The molecule has 0 aliphatic heterocycles. The van der Waals surface area contributed by atoms with E-state index in [9.17, 15) is 14.9 Å². The Kier molecular flexibility index (Phi) is 7.66. The van der Waals surface area contributed by atoms with Crippen LogP contribution in [0.4, 0.5) is 5.69 Å². The summed E-state index contributed by atoms with van der Waals surface area (Å²) >= 11 is 1.50. The second-order valence-electron chi connectivity index (χ2n) is 6.58. The van der Waals surface area contributed by atoms with Gasteiger partial charge in [0.15, 0.2) is 0 Å². The van der Waals surface area contributed by atoms with Gasteiger partial charge in [-0.15, -0.1) is 11.8 Å². The van der Waals surface area contributed by atoms with Gasteiger partial charge in [-0.3, -0.25) is 14.9 Å². The van der Waals surface area contributed by atoms with Gasteiger partial charge in [0.2, 0.25) is 5.91 Å². The Bertz CT molecular complexity index is 718. The van der Waals surface area contributed by atoms with Crippen molar-refractivity contribution in [1.29, 1.82) is 0 Å². The van der Waals surface area contributed by atoms with E-state index in [0.717, 1.165) is 17.5 Å². The fourth-order valence-corrected chi connectivity index (χ4v) is 3.45. The van der Waals surface area contributed by atoms with Gasteiger partial charge in [-0.1, -0.05) is 56.3 Å². The average Bonchev–Trinajstić information content (AvgIpc) is 2.62. The van der Waals surface area contributed by atoms with E-state index in [1.165, 1.54) is 23.9 Å². The zero-order valence-electron chi connectivity index (χ0n) is 15.1. The lowest BCUT2D eigenvalue weighted by Gasteiger charge is -2.21. The third-order valence-electron chi connectivity index (χ3n) is 3.89. The molecule has 0 heterocycles. The molecule has 0 spiro atoms. The molecular weight excluding hydrogens is 348 g/mol. The lowest BCUT2D eigenvalue weighted by Crippen LogP contribution is -2.30. The highest BCUT2D eigenvalue weighted by Gasteiger charge is 2.16. The van der Waals surface area contributed by atoms with E-state index in [2.05, 4.69) is 19.2 Å². The highest BCUT2D eigenvalue weighted by molar-refractivity contribution is 7.99. The van der Waals surface area contributed by atoms with E-state index in [0.29, 0.717) is 17.4 Å². The van der Waals surface area contributed by atoms with Crippen LogP contribution in [-0.2, 0) is 10.5 Å². The molecule has 2 aromatic carbocycles. The standard InChI is InChI=1S/C20H24N2O3S/c1-15(2)12-19(17-6-4-3-5-7-17)21-20(23)14-26-13-16-8-10-18(11-9-16)22(24)25/h3-11,15,19H,12-14H2,1-2H3,(H,21,23)/t19-/m0/s1. The summed E-state index contributed by atoms with van der Waals surface area (Å²) in [6, 6.07) is 16.5. The molecule has 1 N–H and O–H groups in total. The molecule has 2 rings (SSSR count). The van der Waals surface area contributed by atoms with Crippen LogP contribution in [0.3, 0.4) is 0 Å². The average molecular weight is 372 g/mol. The molecule has 26 heavy (non-hydrogen) atoms. The van der Waals surface area contributed by atoms with Gasteiger partial charge >= 0.3 is 0 Å². The minimum absolute atomic E-state index is 0.00594. The number of benzene rings is 2. The molecule has 138 valence electrons. The number of nitrogens with one attached hydrogen (secondary N) is 1. The fraction of sp³-hybridized carbons (Fsp3) is 0.350. The molecule has 1 atom stereocenters. The first kappa shape index (κ1) is 20.0. The minimum Gasteiger partial charge on any atom is -0.349 e. The number of hydrogen-bond acceptors (Lipinski definition) is 4. The van der Waals surface area contributed by atoms with Crippen LogP contribution in [-0.4, -0.2) is 16.6 Å². The summed E-state index contributed by atoms with van der Waals surface area (Å²) in [6.07, 6.45) is 0.892. The van der Waals surface area contributed by atoms with Crippen molar-refractivity contribution in [3.8, 4) is 0 Å². The van der Waals surface area contributed by atoms with Crippen molar-refractivity contribution in [3.05, 3.63) is 75.8 Å². The SMILES string of the molecule is CC(C)C[C@H](NC(=O)CSCc1ccc([N+](=O)[O-])cc1)c1ccccc1. The van der Waals surface area contributed by atoms with Crippen molar-refractivity contribution >= 4 is 23.4 Å². The lowest BCUT2D eigenvalue weighted by molar-refractivity contribution is -0.384. The van der Waals surface area contributed by atoms with Crippen LogP contribution in [0.5, 0.6) is 0 Å². The third kappa shape index (κ3) is 6.52. The smallest absolute Gasteiger partial charge is 0.269 e. The van der Waals surface area contributed by atoms with Crippen LogP contribution in [0.25, 0.3) is 0 Å². The zero-order chi connectivity index (χ0) is 18.9. The second-order valence-corrected chi connectivity index (χ2v) is 7.56. The van der Waals surface area contributed by atoms with E-state index in [1.54, 1.807) is 12.1 Å². The summed E-state index contributed by atoms with van der Waals surface area (Å²) in [5.74, 6) is 1.49. The number of carbonyl (C=O) groups is 1. The summed E-state index contributed by atoms with van der Waals surface area (Å²) in [5.41, 5.74) is 2.17. The Labute approximate surface area is 158 Å². The first-order chi connectivity index (χ1) is 12.5. The largest absolute Gasteiger partial charge is 0.349 e. The number of hydrogen-bond donors (Lipinski definition) is 1. The van der Waals surface area contributed by atoms with Gasteiger partial charge in [0.05, 0.1) is 16.7 Å². The van der Waals surface area contributed by atoms with Crippen molar-refractivity contribution < 1.29 is 9.72 Å². The predicted molar refractivity (Wildman–Crippen MR) is 106 cm³/mol. The second kappa shape index (κ2) is 9.97. The number of rotatable bonds is 9. The number of nitrogens with zero attached hydrogens (tertiary/aromatic N) is 1. The van der Waals surface area contributed by atoms with Gasteiger partial charge in [-0.05, 0) is 23.5 Å². The normalized spacial score (nSPS) is 12.0. The molecule has 0 fully saturated rings. The molecule has 1 amide bonds. The first-order valence-corrected chi connectivity index (χ1v) is 9.76. The van der Waals surface area contributed by atoms with E-state index in [4.69, 9.17) is 0 Å². The summed E-state index contributed by atoms with van der Waals surface area (Å²) in [5, 5.41) is 13.8. The van der Waals surface area contributed by atoms with Gasteiger partial charge in [-0.25, -0.2) is 0 Å². The van der Waals surface area contributed by atoms with Crippen LogP contribution in [0.1, 0.15) is 37.4 Å². The molecule has 5 nitrogen and oxygen atoms in total. The predicted octanol–water partition coefficient (Wildman–Crippen LogP) is 4.73. The molecule has 0 aliphatic carbocycles. The van der Waals surface area contributed by atoms with Crippen molar-refractivity contribution in [2.45, 2.75) is 32.1 Å². The number of carbonyl (C=O) groups excluding carboxylic acids is 1. The highest BCUT2D eigenvalue weighted by Crippen LogP contribution is 2.22. The van der Waals surface area contributed by atoms with E-state index in [1.807, 2.05) is 30.3 Å². The van der Waals surface area contributed by atoms with Gasteiger partial charge in [0.1, 0.15) is 0 Å². The highest BCUT2D eigenvalue weighted by atomic mass is 32.2. The Balaban J connectivity index is 1.85. The van der Waals surface area contributed by atoms with E-state index in [-0.39, 0.29) is 17.6 Å².